The van der Waals surface area contributed by atoms with Crippen LogP contribution in [0.15, 0.2) is 72.3 Å². The number of nitrogens with zero attached hydrogens (tertiary/aromatic N) is 1. The number of benzene rings is 3. The van der Waals surface area contributed by atoms with Crippen molar-refractivity contribution in [2.45, 2.75) is 27.2 Å². The molecule has 1 saturated heterocycles. The predicted octanol–water partition coefficient (Wildman–Crippen LogP) is 4.87. The lowest BCUT2D eigenvalue weighted by Crippen LogP contribution is -2.54. The molecule has 5 amide bonds. The van der Waals surface area contributed by atoms with Gasteiger partial charge < -0.3 is 19.5 Å². The van der Waals surface area contributed by atoms with Crippen molar-refractivity contribution in [2.24, 2.45) is 0 Å². The molecule has 1 aliphatic heterocycles. The Labute approximate surface area is 237 Å². The summed E-state index contributed by atoms with van der Waals surface area (Å²) in [6.45, 7) is 6.26. The van der Waals surface area contributed by atoms with Gasteiger partial charge in [-0.1, -0.05) is 37.3 Å². The Hall–Kier alpha value is -5.12. The van der Waals surface area contributed by atoms with Crippen molar-refractivity contribution in [1.29, 1.82) is 0 Å². The number of rotatable bonds is 11. The van der Waals surface area contributed by atoms with E-state index in [9.17, 15) is 19.2 Å². The summed E-state index contributed by atoms with van der Waals surface area (Å²) >= 11 is 0. The van der Waals surface area contributed by atoms with Gasteiger partial charge in [-0.2, -0.15) is 0 Å². The highest BCUT2D eigenvalue weighted by molar-refractivity contribution is 6.39. The second-order valence-corrected chi connectivity index (χ2v) is 9.09. The van der Waals surface area contributed by atoms with Crippen molar-refractivity contribution in [2.75, 3.05) is 30.0 Å². The molecule has 0 radical (unpaired) electrons. The zero-order chi connectivity index (χ0) is 29.4. The zero-order valence-electron chi connectivity index (χ0n) is 23.1. The second kappa shape index (κ2) is 13.3. The standard InChI is InChI=1S/C31H31N3O7/c1-4-15-40-26-14-13-22(18-27(26)39-5-2)34-30(37)24(29(36)33-31(34)38)17-21-10-8-11-23(16-21)41-19-28(35)32-25-12-7-6-9-20(25)3/h6-14,16-18H,4-5,15,19H2,1-3H3,(H,32,35)(H,33,36,38)/b24-17+. The van der Waals surface area contributed by atoms with Crippen molar-refractivity contribution in [3.63, 3.8) is 0 Å². The molecule has 0 bridgehead atoms. The van der Waals surface area contributed by atoms with Crippen molar-refractivity contribution in [3.05, 3.63) is 83.4 Å². The van der Waals surface area contributed by atoms with Gasteiger partial charge in [0.05, 0.1) is 18.9 Å². The molecule has 0 aromatic heterocycles. The minimum Gasteiger partial charge on any atom is -0.490 e. The fourth-order valence-electron chi connectivity index (χ4n) is 4.04. The summed E-state index contributed by atoms with van der Waals surface area (Å²) in [7, 11) is 0. The SMILES string of the molecule is CCCOc1ccc(N2C(=O)NC(=O)/C(=C\c3cccc(OCC(=O)Nc4ccccc4C)c3)C2=O)cc1OCC. The van der Waals surface area contributed by atoms with Crippen LogP contribution in [0.3, 0.4) is 0 Å². The molecule has 0 atom stereocenters. The Morgan fingerprint density at radius 1 is 0.927 bits per heavy atom. The largest absolute Gasteiger partial charge is 0.490 e. The number of barbiturate groups is 1. The summed E-state index contributed by atoms with van der Waals surface area (Å²) in [5.74, 6) is -0.742. The monoisotopic (exact) mass is 557 g/mol. The van der Waals surface area contributed by atoms with Gasteiger partial charge in [-0.05, 0) is 67.8 Å². The molecule has 3 aromatic carbocycles. The second-order valence-electron chi connectivity index (χ2n) is 9.09. The molecule has 2 N–H and O–H groups in total. The number of carbonyl (C=O) groups excluding carboxylic acids is 4. The van der Waals surface area contributed by atoms with E-state index >= 15 is 0 Å². The van der Waals surface area contributed by atoms with E-state index in [1.54, 1.807) is 42.5 Å². The van der Waals surface area contributed by atoms with Gasteiger partial charge in [0.2, 0.25) is 0 Å². The van der Waals surface area contributed by atoms with Crippen molar-refractivity contribution >= 4 is 41.2 Å². The average Bonchev–Trinajstić information content (AvgIpc) is 2.95. The summed E-state index contributed by atoms with van der Waals surface area (Å²) in [6, 6.07) is 17.8. The van der Waals surface area contributed by atoms with E-state index in [1.165, 1.54) is 12.1 Å². The van der Waals surface area contributed by atoms with Crippen molar-refractivity contribution in [1.82, 2.24) is 5.32 Å². The first-order chi connectivity index (χ1) is 19.8. The molecule has 1 fully saturated rings. The summed E-state index contributed by atoms with van der Waals surface area (Å²) in [5, 5.41) is 5.01. The summed E-state index contributed by atoms with van der Waals surface area (Å²) in [5.41, 5.74) is 2.05. The van der Waals surface area contributed by atoms with E-state index in [4.69, 9.17) is 14.2 Å². The molecule has 0 aliphatic carbocycles. The lowest BCUT2D eigenvalue weighted by molar-refractivity contribution is -0.122. The fraction of sp³-hybridized carbons (Fsp3) is 0.226. The number of urea groups is 1. The van der Waals surface area contributed by atoms with Gasteiger partial charge >= 0.3 is 6.03 Å². The number of imide groups is 2. The molecule has 0 saturated carbocycles. The maximum atomic E-state index is 13.4. The van der Waals surface area contributed by atoms with E-state index in [1.807, 2.05) is 39.0 Å². The molecule has 212 valence electrons. The topological polar surface area (TPSA) is 123 Å². The maximum absolute atomic E-state index is 13.4. The first-order valence-corrected chi connectivity index (χ1v) is 13.2. The van der Waals surface area contributed by atoms with Crippen molar-refractivity contribution in [3.8, 4) is 17.2 Å². The van der Waals surface area contributed by atoms with E-state index in [-0.39, 0.29) is 23.8 Å². The van der Waals surface area contributed by atoms with Crippen LogP contribution in [-0.2, 0) is 14.4 Å². The molecule has 10 nitrogen and oxygen atoms in total. The highest BCUT2D eigenvalue weighted by Gasteiger charge is 2.37. The number of hydrogen-bond acceptors (Lipinski definition) is 7. The van der Waals surface area contributed by atoms with E-state index in [0.29, 0.717) is 41.7 Å². The van der Waals surface area contributed by atoms with E-state index < -0.39 is 17.8 Å². The van der Waals surface area contributed by atoms with Crippen LogP contribution in [0.1, 0.15) is 31.4 Å². The smallest absolute Gasteiger partial charge is 0.335 e. The quantitative estimate of drug-likeness (QED) is 0.255. The fourth-order valence-corrected chi connectivity index (χ4v) is 4.04. The predicted molar refractivity (Wildman–Crippen MR) is 154 cm³/mol. The minimum absolute atomic E-state index is 0.218. The lowest BCUT2D eigenvalue weighted by atomic mass is 10.1. The zero-order valence-corrected chi connectivity index (χ0v) is 23.1. The van der Waals surface area contributed by atoms with Crippen LogP contribution in [-0.4, -0.2) is 43.6 Å². The maximum Gasteiger partial charge on any atom is 0.335 e. The summed E-state index contributed by atoms with van der Waals surface area (Å²) in [6.07, 6.45) is 2.16. The van der Waals surface area contributed by atoms with Gasteiger partial charge in [0.1, 0.15) is 11.3 Å². The number of ether oxygens (including phenoxy) is 3. The highest BCUT2D eigenvalue weighted by Crippen LogP contribution is 2.34. The number of nitrogens with one attached hydrogen (secondary N) is 2. The van der Waals surface area contributed by atoms with Gasteiger partial charge in [-0.3, -0.25) is 19.7 Å². The van der Waals surface area contributed by atoms with Crippen LogP contribution in [0.2, 0.25) is 0 Å². The normalized spacial score (nSPS) is 14.1. The molecule has 41 heavy (non-hydrogen) atoms. The Morgan fingerprint density at radius 2 is 1.73 bits per heavy atom. The van der Waals surface area contributed by atoms with Crippen LogP contribution >= 0.6 is 0 Å². The average molecular weight is 558 g/mol. The Bertz CT molecular complexity index is 1500. The molecule has 1 aliphatic rings. The van der Waals surface area contributed by atoms with Gasteiger partial charge in [-0.25, -0.2) is 9.69 Å². The number of anilines is 2. The first kappa shape index (κ1) is 28.9. The molecule has 4 rings (SSSR count). The Kier molecular flexibility index (Phi) is 9.36. The highest BCUT2D eigenvalue weighted by atomic mass is 16.5. The number of para-hydroxylation sites is 1. The van der Waals surface area contributed by atoms with Crippen LogP contribution in [0.25, 0.3) is 6.08 Å². The number of amides is 5. The first-order valence-electron chi connectivity index (χ1n) is 13.2. The molecule has 10 heteroatoms. The van der Waals surface area contributed by atoms with Crippen LogP contribution in [0.4, 0.5) is 16.2 Å². The summed E-state index contributed by atoms with van der Waals surface area (Å²) in [4.78, 5) is 52.0. The molecular formula is C31H31N3O7. The Balaban J connectivity index is 1.52. The molecule has 3 aromatic rings. The van der Waals surface area contributed by atoms with E-state index in [2.05, 4.69) is 10.6 Å². The molecular weight excluding hydrogens is 526 g/mol. The van der Waals surface area contributed by atoms with Gasteiger partial charge in [-0.15, -0.1) is 0 Å². The van der Waals surface area contributed by atoms with Crippen LogP contribution in [0.5, 0.6) is 17.2 Å². The summed E-state index contributed by atoms with van der Waals surface area (Å²) < 4.78 is 17.0. The van der Waals surface area contributed by atoms with Crippen LogP contribution in [0, 0.1) is 6.92 Å². The third-order valence-corrected chi connectivity index (χ3v) is 6.01. The number of hydrogen-bond donors (Lipinski definition) is 2. The number of carbonyl (C=O) groups is 4. The van der Waals surface area contributed by atoms with E-state index in [0.717, 1.165) is 16.9 Å². The van der Waals surface area contributed by atoms with Gasteiger partial charge in [0.15, 0.2) is 18.1 Å². The van der Waals surface area contributed by atoms with Crippen LogP contribution < -0.4 is 29.7 Å². The lowest BCUT2D eigenvalue weighted by Gasteiger charge is -2.27. The van der Waals surface area contributed by atoms with Gasteiger partial charge in [0, 0.05) is 11.8 Å². The Morgan fingerprint density at radius 3 is 2.49 bits per heavy atom. The third-order valence-electron chi connectivity index (χ3n) is 6.01. The van der Waals surface area contributed by atoms with Gasteiger partial charge in [0.25, 0.3) is 17.7 Å². The molecule has 0 unspecified atom stereocenters. The minimum atomic E-state index is -0.876. The van der Waals surface area contributed by atoms with Crippen molar-refractivity contribution < 1.29 is 33.4 Å². The number of aryl methyl sites for hydroxylation is 1. The third kappa shape index (κ3) is 7.10. The molecule has 0 spiro atoms. The molecule has 1 heterocycles.